The number of rotatable bonds is 5. The molecule has 2 atom stereocenters. The van der Waals surface area contributed by atoms with Gasteiger partial charge in [0.1, 0.15) is 11.6 Å². The van der Waals surface area contributed by atoms with Crippen LogP contribution in [0.4, 0.5) is 4.39 Å². The van der Waals surface area contributed by atoms with Crippen molar-refractivity contribution in [3.63, 3.8) is 0 Å². The van der Waals surface area contributed by atoms with Crippen LogP contribution in [0.25, 0.3) is 10.9 Å². The summed E-state index contributed by atoms with van der Waals surface area (Å²) in [4.78, 5) is 31.3. The number of esters is 1. The molecule has 3 aromatic rings. The largest absolute Gasteiger partial charge is 0.479 e. The molecule has 7 heteroatoms. The van der Waals surface area contributed by atoms with E-state index >= 15 is 0 Å². The number of nitrogens with one attached hydrogen (secondary N) is 1. The maximum Gasteiger partial charge on any atom is 0.347 e. The molecule has 134 valence electrons. The molecule has 3 rings (SSSR count). The number of carbonyl (C=O) groups is 1. The molecule has 0 bridgehead atoms. The van der Waals surface area contributed by atoms with Gasteiger partial charge in [0.15, 0.2) is 18.0 Å². The third kappa shape index (κ3) is 3.88. The summed E-state index contributed by atoms with van der Waals surface area (Å²) >= 11 is 0. The highest BCUT2D eigenvalue weighted by Gasteiger charge is 2.21. The van der Waals surface area contributed by atoms with E-state index in [4.69, 9.17) is 9.47 Å². The van der Waals surface area contributed by atoms with Crippen molar-refractivity contribution < 1.29 is 18.7 Å². The second-order valence-corrected chi connectivity index (χ2v) is 5.76. The van der Waals surface area contributed by atoms with Gasteiger partial charge in [-0.25, -0.2) is 14.2 Å². The molecule has 0 saturated carbocycles. The number of halogens is 1. The third-order valence-electron chi connectivity index (χ3n) is 3.77. The first-order valence-electron chi connectivity index (χ1n) is 8.05. The highest BCUT2D eigenvalue weighted by atomic mass is 19.1. The first kappa shape index (κ1) is 17.6. The van der Waals surface area contributed by atoms with Gasteiger partial charge in [-0.2, -0.15) is 0 Å². The molecule has 0 aliphatic rings. The molecular weight excluding hydrogens is 339 g/mol. The molecule has 0 fully saturated rings. The first-order chi connectivity index (χ1) is 12.4. The number of H-pyrrole nitrogens is 1. The van der Waals surface area contributed by atoms with Crippen molar-refractivity contribution in [2.24, 2.45) is 0 Å². The van der Waals surface area contributed by atoms with Gasteiger partial charge in [-0.15, -0.1) is 0 Å². The Bertz CT molecular complexity index is 985. The van der Waals surface area contributed by atoms with E-state index in [-0.39, 0.29) is 11.4 Å². The van der Waals surface area contributed by atoms with Gasteiger partial charge in [-0.1, -0.05) is 12.1 Å². The quantitative estimate of drug-likeness (QED) is 0.710. The summed E-state index contributed by atoms with van der Waals surface area (Å²) in [7, 11) is 0. The summed E-state index contributed by atoms with van der Waals surface area (Å²) < 4.78 is 23.7. The average molecular weight is 356 g/mol. The minimum atomic E-state index is -0.907. The van der Waals surface area contributed by atoms with Crippen molar-refractivity contribution in [2.75, 3.05) is 0 Å². The van der Waals surface area contributed by atoms with Gasteiger partial charge >= 0.3 is 5.97 Å². The lowest BCUT2D eigenvalue weighted by atomic mass is 10.2. The van der Waals surface area contributed by atoms with Gasteiger partial charge in [0.25, 0.3) is 5.56 Å². The zero-order chi connectivity index (χ0) is 18.7. The normalized spacial score (nSPS) is 13.2. The standard InChI is InChI=1S/C19H17FN2O4/c1-11(17-21-16-6-4-3-5-15(16)18(23)22-17)26-19(24)12(2)25-14-9-7-13(20)8-10-14/h3-12H,1-2H3,(H,21,22,23)/t11-,12+/m1/s1. The van der Waals surface area contributed by atoms with Crippen molar-refractivity contribution in [1.29, 1.82) is 0 Å². The number of aromatic nitrogens is 2. The van der Waals surface area contributed by atoms with Crippen LogP contribution in [0.3, 0.4) is 0 Å². The topological polar surface area (TPSA) is 81.3 Å². The Morgan fingerprint density at radius 1 is 1.12 bits per heavy atom. The van der Waals surface area contributed by atoms with E-state index in [0.717, 1.165) is 0 Å². The number of para-hydroxylation sites is 1. The van der Waals surface area contributed by atoms with Crippen molar-refractivity contribution in [3.05, 3.63) is 70.5 Å². The summed E-state index contributed by atoms with van der Waals surface area (Å²) in [5, 5.41) is 0.461. The lowest BCUT2D eigenvalue weighted by Gasteiger charge is -2.17. The zero-order valence-electron chi connectivity index (χ0n) is 14.2. The van der Waals surface area contributed by atoms with Crippen LogP contribution in [0.15, 0.2) is 53.3 Å². The SMILES string of the molecule is C[C@H](Oc1ccc(F)cc1)C(=O)O[C@H](C)c1nc2ccccc2c(=O)[nH]1. The molecule has 0 amide bonds. The van der Waals surface area contributed by atoms with Gasteiger partial charge in [-0.05, 0) is 50.2 Å². The Hall–Kier alpha value is -3.22. The second-order valence-electron chi connectivity index (χ2n) is 5.76. The maximum atomic E-state index is 12.9. The maximum absolute atomic E-state index is 12.9. The predicted octanol–water partition coefficient (Wildman–Crippen LogP) is 3.13. The average Bonchev–Trinajstić information content (AvgIpc) is 2.63. The number of fused-ring (bicyclic) bond motifs is 1. The molecule has 0 aliphatic carbocycles. The Balaban J connectivity index is 1.70. The number of carbonyl (C=O) groups excluding carboxylic acids is 1. The fourth-order valence-electron chi connectivity index (χ4n) is 2.39. The third-order valence-corrected chi connectivity index (χ3v) is 3.77. The minimum Gasteiger partial charge on any atom is -0.479 e. The summed E-state index contributed by atoms with van der Waals surface area (Å²) in [6.45, 7) is 3.13. The predicted molar refractivity (Wildman–Crippen MR) is 93.4 cm³/mol. The molecule has 0 saturated heterocycles. The highest BCUT2D eigenvalue weighted by molar-refractivity contribution is 5.77. The number of benzene rings is 2. The van der Waals surface area contributed by atoms with Crippen LogP contribution in [-0.2, 0) is 9.53 Å². The van der Waals surface area contributed by atoms with E-state index in [1.807, 2.05) is 0 Å². The van der Waals surface area contributed by atoms with Crippen LogP contribution in [0, 0.1) is 5.82 Å². The van der Waals surface area contributed by atoms with Gasteiger partial charge in [0.2, 0.25) is 0 Å². The molecule has 6 nitrogen and oxygen atoms in total. The second kappa shape index (κ2) is 7.35. The van der Waals surface area contributed by atoms with Gasteiger partial charge in [0, 0.05) is 0 Å². The number of nitrogens with zero attached hydrogens (tertiary/aromatic N) is 1. The molecule has 26 heavy (non-hydrogen) atoms. The summed E-state index contributed by atoms with van der Waals surface area (Å²) in [6, 6.07) is 12.2. The Kier molecular flexibility index (Phi) is 4.97. The summed E-state index contributed by atoms with van der Waals surface area (Å²) in [5.74, 6) is -0.429. The fraction of sp³-hybridized carbons (Fsp3) is 0.211. The number of aromatic amines is 1. The lowest BCUT2D eigenvalue weighted by Crippen LogP contribution is -2.28. The van der Waals surface area contributed by atoms with Gasteiger partial charge < -0.3 is 14.5 Å². The van der Waals surface area contributed by atoms with Gasteiger partial charge in [0.05, 0.1) is 10.9 Å². The molecule has 0 unspecified atom stereocenters. The molecule has 1 heterocycles. The molecule has 0 spiro atoms. The van der Waals surface area contributed by atoms with E-state index in [9.17, 15) is 14.0 Å². The van der Waals surface area contributed by atoms with Crippen molar-refractivity contribution in [3.8, 4) is 5.75 Å². The van der Waals surface area contributed by atoms with E-state index in [0.29, 0.717) is 16.7 Å². The highest BCUT2D eigenvalue weighted by Crippen LogP contribution is 2.17. The van der Waals surface area contributed by atoms with Crippen LogP contribution >= 0.6 is 0 Å². The molecule has 2 aromatic carbocycles. The van der Waals surface area contributed by atoms with Crippen LogP contribution < -0.4 is 10.3 Å². The molecule has 0 radical (unpaired) electrons. The first-order valence-corrected chi connectivity index (χ1v) is 8.05. The van der Waals surface area contributed by atoms with Crippen molar-refractivity contribution in [1.82, 2.24) is 9.97 Å². The van der Waals surface area contributed by atoms with E-state index < -0.39 is 24.0 Å². The molecule has 1 N–H and O–H groups in total. The van der Waals surface area contributed by atoms with Crippen LogP contribution in [0.1, 0.15) is 25.8 Å². The Morgan fingerprint density at radius 3 is 2.54 bits per heavy atom. The molecular formula is C19H17FN2O4. The summed E-state index contributed by atoms with van der Waals surface area (Å²) in [5.41, 5.74) is 0.217. The van der Waals surface area contributed by atoms with E-state index in [2.05, 4.69) is 9.97 Å². The monoisotopic (exact) mass is 356 g/mol. The van der Waals surface area contributed by atoms with Crippen LogP contribution in [0.5, 0.6) is 5.75 Å². The van der Waals surface area contributed by atoms with Crippen LogP contribution in [0.2, 0.25) is 0 Å². The van der Waals surface area contributed by atoms with E-state index in [1.54, 1.807) is 31.2 Å². The molecule has 1 aromatic heterocycles. The Labute approximate surface area is 148 Å². The molecule has 0 aliphatic heterocycles. The van der Waals surface area contributed by atoms with Crippen LogP contribution in [-0.4, -0.2) is 22.0 Å². The van der Waals surface area contributed by atoms with E-state index in [1.165, 1.54) is 31.2 Å². The van der Waals surface area contributed by atoms with Gasteiger partial charge in [-0.3, -0.25) is 4.79 Å². The lowest BCUT2D eigenvalue weighted by molar-refractivity contribution is -0.156. The smallest absolute Gasteiger partial charge is 0.347 e. The number of hydrogen-bond donors (Lipinski definition) is 1. The minimum absolute atomic E-state index is 0.246. The fourth-order valence-corrected chi connectivity index (χ4v) is 2.39. The van der Waals surface area contributed by atoms with Crippen molar-refractivity contribution in [2.45, 2.75) is 26.1 Å². The van der Waals surface area contributed by atoms with Crippen molar-refractivity contribution >= 4 is 16.9 Å². The summed E-state index contributed by atoms with van der Waals surface area (Å²) in [6.07, 6.45) is -1.67. The zero-order valence-corrected chi connectivity index (χ0v) is 14.2. The number of ether oxygens (including phenoxy) is 2. The number of hydrogen-bond acceptors (Lipinski definition) is 5. The Morgan fingerprint density at radius 2 is 1.81 bits per heavy atom.